The highest BCUT2D eigenvalue weighted by Gasteiger charge is 2.30. The van der Waals surface area contributed by atoms with Crippen LogP contribution in [0.5, 0.6) is 0 Å². The molecule has 1 aromatic carbocycles. The van der Waals surface area contributed by atoms with E-state index in [2.05, 4.69) is 38.7 Å². The first-order chi connectivity index (χ1) is 6.71. The Kier molecular flexibility index (Phi) is 3.41. The summed E-state index contributed by atoms with van der Waals surface area (Å²) in [6.45, 7) is 10.9. The molecule has 1 aromatic rings. The van der Waals surface area contributed by atoms with E-state index >= 15 is 0 Å². The molecule has 1 N–H and O–H groups in total. The molecule has 0 amide bonds. The fraction of sp³-hybridized carbons (Fsp3) is 0.538. The summed E-state index contributed by atoms with van der Waals surface area (Å²) in [6.07, 6.45) is 0. The normalized spacial score (nSPS) is 16.1. The highest BCUT2D eigenvalue weighted by molar-refractivity contribution is 6.76. The van der Waals surface area contributed by atoms with Gasteiger partial charge in [0.15, 0.2) is 0 Å². The average Bonchev–Trinajstić information content (AvgIpc) is 2.00. The van der Waals surface area contributed by atoms with Crippen LogP contribution in [0, 0.1) is 6.92 Å². The number of aliphatic hydroxyl groups is 1. The van der Waals surface area contributed by atoms with Gasteiger partial charge < -0.3 is 5.11 Å². The number of benzene rings is 1. The van der Waals surface area contributed by atoms with Crippen molar-refractivity contribution in [2.45, 2.75) is 45.1 Å². The second kappa shape index (κ2) is 4.10. The second-order valence-electron chi connectivity index (χ2n) is 5.88. The minimum atomic E-state index is -1.24. The van der Waals surface area contributed by atoms with E-state index in [9.17, 15) is 5.11 Å². The lowest BCUT2D eigenvalue weighted by molar-refractivity contribution is 0.0770. The van der Waals surface area contributed by atoms with Gasteiger partial charge in [0.1, 0.15) is 0 Å². The molecule has 1 atom stereocenters. The lowest BCUT2D eigenvalue weighted by Gasteiger charge is -2.30. The maximum absolute atomic E-state index is 10.4. The van der Waals surface area contributed by atoms with Crippen LogP contribution in [0.2, 0.25) is 25.7 Å². The molecule has 2 heteroatoms. The minimum Gasteiger partial charge on any atom is -0.386 e. The van der Waals surface area contributed by atoms with Gasteiger partial charge in [-0.25, -0.2) is 0 Å². The molecule has 0 aliphatic heterocycles. The molecule has 0 radical (unpaired) electrons. The third-order valence-corrected chi connectivity index (χ3v) is 4.30. The summed E-state index contributed by atoms with van der Waals surface area (Å²) in [5.74, 6) is 0. The first-order valence-corrected chi connectivity index (χ1v) is 9.21. The molecule has 0 fully saturated rings. The monoisotopic (exact) mass is 222 g/mol. The van der Waals surface area contributed by atoms with Crippen LogP contribution in [-0.4, -0.2) is 13.2 Å². The van der Waals surface area contributed by atoms with E-state index in [1.165, 1.54) is 5.56 Å². The number of hydrogen-bond donors (Lipinski definition) is 1. The Hall–Kier alpha value is -0.603. The highest BCUT2D eigenvalue weighted by atomic mass is 28.3. The van der Waals surface area contributed by atoms with Gasteiger partial charge in [-0.2, -0.15) is 0 Å². The Balaban J connectivity index is 2.90. The third kappa shape index (κ3) is 3.80. The Morgan fingerprint density at radius 1 is 1.13 bits per heavy atom. The standard InChI is InChI=1S/C13H22OSi/c1-11-6-8-12(9-7-11)13(2,14)10-15(3,4)5/h6-9,14H,10H2,1-5H3. The van der Waals surface area contributed by atoms with Crippen molar-refractivity contribution < 1.29 is 5.11 Å². The lowest BCUT2D eigenvalue weighted by atomic mass is 9.97. The van der Waals surface area contributed by atoms with Crippen molar-refractivity contribution in [2.75, 3.05) is 0 Å². The molecule has 1 nitrogen and oxygen atoms in total. The number of rotatable bonds is 3. The van der Waals surface area contributed by atoms with Gasteiger partial charge in [-0.1, -0.05) is 49.5 Å². The summed E-state index contributed by atoms with van der Waals surface area (Å²) in [5, 5.41) is 10.4. The summed E-state index contributed by atoms with van der Waals surface area (Å²) in [4.78, 5) is 0. The van der Waals surface area contributed by atoms with Gasteiger partial charge in [-0.3, -0.25) is 0 Å². The highest BCUT2D eigenvalue weighted by Crippen LogP contribution is 2.30. The summed E-state index contributed by atoms with van der Waals surface area (Å²) >= 11 is 0. The molecular weight excluding hydrogens is 200 g/mol. The molecule has 1 unspecified atom stereocenters. The zero-order chi connectivity index (χ0) is 11.7. The zero-order valence-corrected chi connectivity index (χ0v) is 11.5. The SMILES string of the molecule is Cc1ccc(C(C)(O)C[Si](C)(C)C)cc1. The number of aryl methyl sites for hydroxylation is 1. The fourth-order valence-corrected chi connectivity index (χ4v) is 4.32. The van der Waals surface area contributed by atoms with Gasteiger partial charge in [0, 0.05) is 8.07 Å². The van der Waals surface area contributed by atoms with Gasteiger partial charge in [-0.15, -0.1) is 0 Å². The molecule has 1 rings (SSSR count). The maximum Gasteiger partial charge on any atom is 0.0845 e. The Morgan fingerprint density at radius 3 is 2.00 bits per heavy atom. The Labute approximate surface area is 94.2 Å². The van der Waals surface area contributed by atoms with Crippen LogP contribution in [-0.2, 0) is 5.60 Å². The van der Waals surface area contributed by atoms with E-state index in [1.807, 2.05) is 19.1 Å². The molecule has 15 heavy (non-hydrogen) atoms. The molecular formula is C13H22OSi. The smallest absolute Gasteiger partial charge is 0.0845 e. The molecule has 0 heterocycles. The molecule has 0 saturated carbocycles. The van der Waals surface area contributed by atoms with Crippen LogP contribution in [0.3, 0.4) is 0 Å². The van der Waals surface area contributed by atoms with Crippen molar-refractivity contribution in [1.82, 2.24) is 0 Å². The van der Waals surface area contributed by atoms with E-state index < -0.39 is 13.7 Å². The quantitative estimate of drug-likeness (QED) is 0.776. The van der Waals surface area contributed by atoms with Gasteiger partial charge in [0.25, 0.3) is 0 Å². The average molecular weight is 222 g/mol. The van der Waals surface area contributed by atoms with Crippen LogP contribution in [0.1, 0.15) is 18.1 Å². The van der Waals surface area contributed by atoms with Crippen molar-refractivity contribution in [3.8, 4) is 0 Å². The first kappa shape index (κ1) is 12.5. The van der Waals surface area contributed by atoms with Crippen LogP contribution in [0.4, 0.5) is 0 Å². The predicted octanol–water partition coefficient (Wildman–Crippen LogP) is 3.54. The van der Waals surface area contributed by atoms with E-state index in [0.717, 1.165) is 11.6 Å². The molecule has 0 saturated heterocycles. The van der Waals surface area contributed by atoms with E-state index in [4.69, 9.17) is 0 Å². The summed E-state index contributed by atoms with van der Waals surface area (Å²) < 4.78 is 0. The van der Waals surface area contributed by atoms with E-state index in [1.54, 1.807) is 0 Å². The molecule has 0 aliphatic carbocycles. The zero-order valence-electron chi connectivity index (χ0n) is 10.5. The molecule has 0 aromatic heterocycles. The van der Waals surface area contributed by atoms with Crippen molar-refractivity contribution in [3.63, 3.8) is 0 Å². The van der Waals surface area contributed by atoms with Crippen LogP contribution in [0.25, 0.3) is 0 Å². The van der Waals surface area contributed by atoms with Gasteiger partial charge >= 0.3 is 0 Å². The van der Waals surface area contributed by atoms with Crippen LogP contribution < -0.4 is 0 Å². The van der Waals surface area contributed by atoms with Gasteiger partial charge in [0.2, 0.25) is 0 Å². The largest absolute Gasteiger partial charge is 0.386 e. The molecule has 0 spiro atoms. The Morgan fingerprint density at radius 2 is 1.60 bits per heavy atom. The minimum absolute atomic E-state index is 0.668. The third-order valence-electron chi connectivity index (χ3n) is 2.55. The maximum atomic E-state index is 10.4. The van der Waals surface area contributed by atoms with Crippen molar-refractivity contribution in [1.29, 1.82) is 0 Å². The summed E-state index contributed by atoms with van der Waals surface area (Å²) in [6, 6.07) is 9.11. The first-order valence-electron chi connectivity index (χ1n) is 5.50. The van der Waals surface area contributed by atoms with Crippen molar-refractivity contribution in [3.05, 3.63) is 35.4 Å². The van der Waals surface area contributed by atoms with E-state index in [0.29, 0.717) is 0 Å². The van der Waals surface area contributed by atoms with E-state index in [-0.39, 0.29) is 0 Å². The summed E-state index contributed by atoms with van der Waals surface area (Å²) in [7, 11) is -1.24. The van der Waals surface area contributed by atoms with Gasteiger partial charge in [-0.05, 0) is 25.5 Å². The summed E-state index contributed by atoms with van der Waals surface area (Å²) in [5.41, 5.74) is 1.61. The van der Waals surface area contributed by atoms with Crippen LogP contribution in [0.15, 0.2) is 24.3 Å². The van der Waals surface area contributed by atoms with Crippen LogP contribution >= 0.6 is 0 Å². The predicted molar refractivity (Wildman–Crippen MR) is 68.9 cm³/mol. The second-order valence-corrected chi connectivity index (χ2v) is 11.4. The molecule has 84 valence electrons. The topological polar surface area (TPSA) is 20.2 Å². The van der Waals surface area contributed by atoms with Gasteiger partial charge in [0.05, 0.1) is 5.60 Å². The van der Waals surface area contributed by atoms with Crippen molar-refractivity contribution >= 4 is 8.07 Å². The number of hydrogen-bond acceptors (Lipinski definition) is 1. The molecule has 0 aliphatic rings. The Bertz CT molecular complexity index is 319. The van der Waals surface area contributed by atoms with Crippen molar-refractivity contribution in [2.24, 2.45) is 0 Å². The fourth-order valence-electron chi connectivity index (χ4n) is 2.05. The molecule has 0 bridgehead atoms. The lowest BCUT2D eigenvalue weighted by Crippen LogP contribution is -2.33.